The summed E-state index contributed by atoms with van der Waals surface area (Å²) in [6, 6.07) is 59.9. The van der Waals surface area contributed by atoms with Crippen LogP contribution in [0.4, 0.5) is 0 Å². The van der Waals surface area contributed by atoms with Crippen molar-refractivity contribution in [1.29, 1.82) is 0 Å². The van der Waals surface area contributed by atoms with Crippen molar-refractivity contribution in [1.82, 2.24) is 5.32 Å². The summed E-state index contributed by atoms with van der Waals surface area (Å²) in [5.41, 5.74) is 10.8. The maximum Gasteiger partial charge on any atom is 0.169 e. The average Bonchev–Trinajstić information content (AvgIpc) is 3.85. The largest absolute Gasteiger partial charge is 0.324 e. The van der Waals surface area contributed by atoms with Crippen LogP contribution in [0.15, 0.2) is 174 Å². The molecule has 0 saturated heterocycles. The van der Waals surface area contributed by atoms with E-state index in [2.05, 4.69) is 163 Å². The van der Waals surface area contributed by atoms with Gasteiger partial charge in [0.25, 0.3) is 0 Å². The number of amidine groups is 2. The SMILES string of the molecule is c1ccc(C2=NC(c3ccc4c(c3)-c3ccccc3C43c4cccc5ccc6cccc3c6c45)N=C(c3cccc4c3sc3ccccc34)N2)cc1. The first-order valence-corrected chi connectivity index (χ1v) is 18.7. The zero-order chi connectivity index (χ0) is 34.0. The monoisotopic (exact) mass is 679 g/mol. The molecule has 8 aromatic carbocycles. The molecular weight excluding hydrogens is 651 g/mol. The number of hydrogen-bond acceptors (Lipinski definition) is 4. The highest BCUT2D eigenvalue weighted by molar-refractivity contribution is 7.26. The molecule has 0 fully saturated rings. The molecule has 1 aliphatic heterocycles. The molecule has 12 rings (SSSR count). The number of nitrogens with one attached hydrogen (secondary N) is 1. The van der Waals surface area contributed by atoms with Crippen molar-refractivity contribution in [3.8, 4) is 11.1 Å². The molecule has 0 amide bonds. The quantitative estimate of drug-likeness (QED) is 0.185. The second-order valence-corrected chi connectivity index (χ2v) is 15.1. The van der Waals surface area contributed by atoms with Crippen LogP contribution in [0.25, 0.3) is 52.8 Å². The lowest BCUT2D eigenvalue weighted by Crippen LogP contribution is -2.36. The molecule has 4 heteroatoms. The second-order valence-electron chi connectivity index (χ2n) is 14.1. The van der Waals surface area contributed by atoms with Crippen molar-refractivity contribution in [3.63, 3.8) is 0 Å². The van der Waals surface area contributed by atoms with Crippen molar-refractivity contribution >= 4 is 64.7 Å². The van der Waals surface area contributed by atoms with Gasteiger partial charge in [0.2, 0.25) is 0 Å². The number of aliphatic imine (C=N–C) groups is 2. The van der Waals surface area contributed by atoms with Crippen LogP contribution in [0.2, 0.25) is 0 Å². The zero-order valence-electron chi connectivity index (χ0n) is 28.0. The fraction of sp³-hybridized carbons (Fsp3) is 0.0417. The summed E-state index contributed by atoms with van der Waals surface area (Å²) in [6.07, 6.45) is -0.419. The Kier molecular flexibility index (Phi) is 5.64. The van der Waals surface area contributed by atoms with Gasteiger partial charge in [-0.15, -0.1) is 11.3 Å². The van der Waals surface area contributed by atoms with E-state index < -0.39 is 6.17 Å². The van der Waals surface area contributed by atoms with Crippen molar-refractivity contribution in [2.24, 2.45) is 9.98 Å². The molecule has 242 valence electrons. The van der Waals surface area contributed by atoms with Gasteiger partial charge in [-0.25, -0.2) is 9.98 Å². The lowest BCUT2D eigenvalue weighted by Gasteiger charge is -2.31. The molecule has 3 aliphatic rings. The summed E-state index contributed by atoms with van der Waals surface area (Å²) in [4.78, 5) is 10.7. The van der Waals surface area contributed by atoms with Gasteiger partial charge < -0.3 is 5.32 Å². The first-order chi connectivity index (χ1) is 25.8. The molecule has 1 aromatic heterocycles. The molecule has 0 saturated carbocycles. The van der Waals surface area contributed by atoms with Crippen molar-refractivity contribution in [2.45, 2.75) is 11.6 Å². The topological polar surface area (TPSA) is 36.8 Å². The predicted molar refractivity (Wildman–Crippen MR) is 217 cm³/mol. The Balaban J connectivity index is 1.08. The predicted octanol–water partition coefficient (Wildman–Crippen LogP) is 11.5. The first-order valence-electron chi connectivity index (χ1n) is 17.9. The van der Waals surface area contributed by atoms with Crippen LogP contribution < -0.4 is 5.32 Å². The highest BCUT2D eigenvalue weighted by Gasteiger charge is 2.50. The third-order valence-electron chi connectivity index (χ3n) is 11.5. The molecular formula is C48H29N3S. The van der Waals surface area contributed by atoms with E-state index in [-0.39, 0.29) is 5.41 Å². The van der Waals surface area contributed by atoms with Crippen LogP contribution in [0.1, 0.15) is 45.1 Å². The molecule has 2 heterocycles. The van der Waals surface area contributed by atoms with Gasteiger partial charge in [-0.2, -0.15) is 0 Å². The van der Waals surface area contributed by atoms with E-state index in [9.17, 15) is 0 Å². The normalized spacial score (nSPS) is 16.4. The molecule has 0 bridgehead atoms. The molecule has 2 aliphatic carbocycles. The molecule has 1 unspecified atom stereocenters. The van der Waals surface area contributed by atoms with Crippen molar-refractivity contribution in [3.05, 3.63) is 203 Å². The number of fused-ring (bicyclic) bond motifs is 10. The van der Waals surface area contributed by atoms with Crippen LogP contribution >= 0.6 is 11.3 Å². The summed E-state index contributed by atoms with van der Waals surface area (Å²) in [7, 11) is 0. The molecule has 3 nitrogen and oxygen atoms in total. The number of rotatable bonds is 3. The van der Waals surface area contributed by atoms with Gasteiger partial charge in [0.15, 0.2) is 6.17 Å². The number of nitrogens with zero attached hydrogens (tertiary/aromatic N) is 2. The van der Waals surface area contributed by atoms with Gasteiger partial charge in [0.05, 0.1) is 5.41 Å². The van der Waals surface area contributed by atoms with Crippen LogP contribution in [0.5, 0.6) is 0 Å². The van der Waals surface area contributed by atoms with Crippen LogP contribution in [0, 0.1) is 0 Å². The average molecular weight is 680 g/mol. The van der Waals surface area contributed by atoms with Gasteiger partial charge in [0, 0.05) is 31.3 Å². The minimum atomic E-state index is -0.419. The lowest BCUT2D eigenvalue weighted by molar-refractivity contribution is 0.752. The summed E-state index contributed by atoms with van der Waals surface area (Å²) >= 11 is 1.83. The van der Waals surface area contributed by atoms with Gasteiger partial charge in [-0.05, 0) is 78.7 Å². The van der Waals surface area contributed by atoms with E-state index in [4.69, 9.17) is 9.98 Å². The Morgan fingerprint density at radius 2 is 1.12 bits per heavy atom. The molecule has 9 aromatic rings. The Morgan fingerprint density at radius 3 is 1.94 bits per heavy atom. The minimum Gasteiger partial charge on any atom is -0.324 e. The van der Waals surface area contributed by atoms with E-state index in [1.165, 1.54) is 75.1 Å². The smallest absolute Gasteiger partial charge is 0.169 e. The van der Waals surface area contributed by atoms with Gasteiger partial charge >= 0.3 is 0 Å². The molecule has 1 spiro atoms. The van der Waals surface area contributed by atoms with E-state index in [0.29, 0.717) is 0 Å². The van der Waals surface area contributed by atoms with Crippen LogP contribution in [-0.2, 0) is 5.41 Å². The van der Waals surface area contributed by atoms with E-state index in [0.717, 1.165) is 28.4 Å². The highest BCUT2D eigenvalue weighted by atomic mass is 32.1. The molecule has 0 radical (unpaired) electrons. The first kappa shape index (κ1) is 28.3. The Labute approximate surface area is 304 Å². The fourth-order valence-electron chi connectivity index (χ4n) is 9.38. The fourth-order valence-corrected chi connectivity index (χ4v) is 10.6. The summed E-state index contributed by atoms with van der Waals surface area (Å²) in [5, 5.41) is 11.5. The van der Waals surface area contributed by atoms with Crippen molar-refractivity contribution in [2.75, 3.05) is 0 Å². The van der Waals surface area contributed by atoms with Gasteiger partial charge in [-0.1, -0.05) is 146 Å². The minimum absolute atomic E-state index is 0.384. The zero-order valence-corrected chi connectivity index (χ0v) is 28.8. The van der Waals surface area contributed by atoms with Gasteiger partial charge in [0.1, 0.15) is 11.7 Å². The third kappa shape index (κ3) is 3.64. The Morgan fingerprint density at radius 1 is 0.481 bits per heavy atom. The summed E-state index contributed by atoms with van der Waals surface area (Å²) in [6.45, 7) is 0. The van der Waals surface area contributed by atoms with Gasteiger partial charge in [-0.3, -0.25) is 0 Å². The molecule has 52 heavy (non-hydrogen) atoms. The maximum atomic E-state index is 5.41. The van der Waals surface area contributed by atoms with Crippen LogP contribution in [-0.4, -0.2) is 11.7 Å². The summed E-state index contributed by atoms with van der Waals surface area (Å²) in [5.74, 6) is 1.67. The second kappa shape index (κ2) is 10.3. The van der Waals surface area contributed by atoms with Crippen LogP contribution in [0.3, 0.4) is 0 Å². The number of benzene rings is 8. The highest BCUT2D eigenvalue weighted by Crippen LogP contribution is 2.62. The number of thiophene rings is 1. The van der Waals surface area contributed by atoms with E-state index >= 15 is 0 Å². The maximum absolute atomic E-state index is 5.41. The Bertz CT molecular complexity index is 3000. The molecule has 1 N–H and O–H groups in total. The Hall–Kier alpha value is -6.36. The van der Waals surface area contributed by atoms with Crippen molar-refractivity contribution < 1.29 is 0 Å². The lowest BCUT2D eigenvalue weighted by atomic mass is 9.70. The number of hydrogen-bond donors (Lipinski definition) is 1. The van der Waals surface area contributed by atoms with E-state index in [1.54, 1.807) is 0 Å². The third-order valence-corrected chi connectivity index (χ3v) is 12.7. The molecule has 1 atom stereocenters. The van der Waals surface area contributed by atoms with E-state index in [1.807, 2.05) is 17.4 Å². The summed E-state index contributed by atoms with van der Waals surface area (Å²) < 4.78 is 2.51. The standard InChI is InChI=1S/C48H29N3S/c1-2-11-30(12-3-1)45-49-46(51-47(50-45)35-18-10-17-34-33-16-5-7-22-41(33)52-44(34)35)31-25-26-38-36(27-31)32-15-4-6-19-37(32)48(38)39-20-8-13-28-23-24-29-14-9-21-40(48)43(29)42(28)39/h1-27,46H,(H,49,50,51).